The Bertz CT molecular complexity index is 431. The Labute approximate surface area is 125 Å². The molecule has 4 nitrogen and oxygen atoms in total. The quantitative estimate of drug-likeness (QED) is 0.796. The third-order valence-electron chi connectivity index (χ3n) is 2.95. The first kappa shape index (κ1) is 16.2. The van der Waals surface area contributed by atoms with Gasteiger partial charge in [0.25, 0.3) is 0 Å². The number of nitrogens with one attached hydrogen (secondary N) is 1. The van der Waals surface area contributed by atoms with E-state index in [2.05, 4.69) is 27.3 Å². The maximum atomic E-state index is 11.1. The van der Waals surface area contributed by atoms with Gasteiger partial charge >= 0.3 is 5.97 Å². The van der Waals surface area contributed by atoms with E-state index in [1.54, 1.807) is 11.3 Å². The molecule has 0 radical (unpaired) electrons. The van der Waals surface area contributed by atoms with Gasteiger partial charge in [0.15, 0.2) is 0 Å². The maximum Gasteiger partial charge on any atom is 0.305 e. The molecule has 19 heavy (non-hydrogen) atoms. The molecule has 1 aromatic rings. The Hall–Kier alpha value is -0.880. The van der Waals surface area contributed by atoms with E-state index in [1.807, 2.05) is 13.0 Å². The second-order valence-corrected chi connectivity index (χ2v) is 7.17. The van der Waals surface area contributed by atoms with Crippen molar-refractivity contribution >= 4 is 39.1 Å². The third-order valence-corrected chi connectivity index (χ3v) is 4.63. The van der Waals surface area contributed by atoms with Gasteiger partial charge in [-0.05, 0) is 46.8 Å². The van der Waals surface area contributed by atoms with Gasteiger partial charge in [-0.2, -0.15) is 0 Å². The number of halogens is 1. The number of carboxylic acids is 1. The number of carboxylic acid groups (broad SMARTS) is 1. The SMILES string of the molecule is CC(=O)NC(CC(=O)O)[C@H](C)CCc1ccc(Br)s1. The van der Waals surface area contributed by atoms with Crippen LogP contribution in [-0.4, -0.2) is 23.0 Å². The van der Waals surface area contributed by atoms with Crippen molar-refractivity contribution in [3.63, 3.8) is 0 Å². The van der Waals surface area contributed by atoms with Gasteiger partial charge in [-0.1, -0.05) is 6.92 Å². The van der Waals surface area contributed by atoms with Gasteiger partial charge in [-0.15, -0.1) is 11.3 Å². The summed E-state index contributed by atoms with van der Waals surface area (Å²) in [4.78, 5) is 23.2. The highest BCUT2D eigenvalue weighted by atomic mass is 79.9. The van der Waals surface area contributed by atoms with Crippen molar-refractivity contribution in [3.05, 3.63) is 20.8 Å². The molecule has 2 N–H and O–H groups in total. The van der Waals surface area contributed by atoms with Crippen molar-refractivity contribution in [3.8, 4) is 0 Å². The molecular formula is C13H18BrNO3S. The first-order valence-electron chi connectivity index (χ1n) is 6.11. The van der Waals surface area contributed by atoms with Crippen LogP contribution in [0.25, 0.3) is 0 Å². The number of carbonyl (C=O) groups is 2. The van der Waals surface area contributed by atoms with Crippen molar-refractivity contribution < 1.29 is 14.7 Å². The first-order valence-corrected chi connectivity index (χ1v) is 7.72. The molecule has 0 bridgehead atoms. The monoisotopic (exact) mass is 347 g/mol. The Balaban J connectivity index is 2.52. The molecule has 106 valence electrons. The van der Waals surface area contributed by atoms with Crippen molar-refractivity contribution in [1.82, 2.24) is 5.32 Å². The lowest BCUT2D eigenvalue weighted by molar-refractivity contribution is -0.138. The van der Waals surface area contributed by atoms with E-state index in [0.717, 1.165) is 16.6 Å². The smallest absolute Gasteiger partial charge is 0.305 e. The van der Waals surface area contributed by atoms with E-state index in [9.17, 15) is 9.59 Å². The van der Waals surface area contributed by atoms with Crippen molar-refractivity contribution in [2.45, 2.75) is 39.2 Å². The topological polar surface area (TPSA) is 66.4 Å². The molecule has 0 aliphatic rings. The van der Waals surface area contributed by atoms with Gasteiger partial charge in [0.1, 0.15) is 0 Å². The minimum Gasteiger partial charge on any atom is -0.481 e. The zero-order valence-corrected chi connectivity index (χ0v) is 13.4. The number of thiophene rings is 1. The number of amides is 1. The van der Waals surface area contributed by atoms with Gasteiger partial charge in [0, 0.05) is 17.8 Å². The Morgan fingerprint density at radius 2 is 2.16 bits per heavy atom. The highest BCUT2D eigenvalue weighted by Crippen LogP contribution is 2.25. The second-order valence-electron chi connectivity index (χ2n) is 4.63. The first-order chi connectivity index (χ1) is 8.88. The standard InChI is InChI=1S/C13H18BrNO3S/c1-8(3-4-10-5-6-12(14)19-10)11(7-13(17)18)15-9(2)16/h5-6,8,11H,3-4,7H2,1-2H3,(H,15,16)(H,17,18)/t8-,11?/m1/s1. The fourth-order valence-electron chi connectivity index (χ4n) is 1.90. The normalized spacial score (nSPS) is 13.8. The van der Waals surface area contributed by atoms with Crippen LogP contribution in [0.4, 0.5) is 0 Å². The molecule has 1 amide bonds. The largest absolute Gasteiger partial charge is 0.481 e. The van der Waals surface area contributed by atoms with E-state index in [4.69, 9.17) is 5.11 Å². The lowest BCUT2D eigenvalue weighted by Crippen LogP contribution is -2.39. The Kier molecular flexibility index (Phi) is 6.51. The summed E-state index contributed by atoms with van der Waals surface area (Å²) >= 11 is 5.10. The molecule has 0 fully saturated rings. The maximum absolute atomic E-state index is 11.1. The van der Waals surface area contributed by atoms with Crippen LogP contribution in [0.3, 0.4) is 0 Å². The average molecular weight is 348 g/mol. The summed E-state index contributed by atoms with van der Waals surface area (Å²) in [7, 11) is 0. The van der Waals surface area contributed by atoms with Gasteiger partial charge in [0.2, 0.25) is 5.91 Å². The van der Waals surface area contributed by atoms with E-state index in [1.165, 1.54) is 11.8 Å². The van der Waals surface area contributed by atoms with Crippen LogP contribution >= 0.6 is 27.3 Å². The van der Waals surface area contributed by atoms with Crippen molar-refractivity contribution in [2.24, 2.45) is 5.92 Å². The molecule has 0 saturated carbocycles. The van der Waals surface area contributed by atoms with E-state index in [-0.39, 0.29) is 24.3 Å². The van der Waals surface area contributed by atoms with Crippen molar-refractivity contribution in [1.29, 1.82) is 0 Å². The third kappa shape index (κ3) is 6.20. The Morgan fingerprint density at radius 3 is 2.63 bits per heavy atom. The molecule has 1 rings (SSSR count). The van der Waals surface area contributed by atoms with Crippen LogP contribution < -0.4 is 5.32 Å². The molecule has 0 aliphatic carbocycles. The number of hydrogen-bond donors (Lipinski definition) is 2. The molecule has 2 atom stereocenters. The zero-order chi connectivity index (χ0) is 14.4. The van der Waals surface area contributed by atoms with Crippen LogP contribution in [0, 0.1) is 5.92 Å². The van der Waals surface area contributed by atoms with Crippen LogP contribution in [0.15, 0.2) is 15.9 Å². The molecular weight excluding hydrogens is 330 g/mol. The van der Waals surface area contributed by atoms with E-state index < -0.39 is 5.97 Å². The fourth-order valence-corrected chi connectivity index (χ4v) is 3.40. The lowest BCUT2D eigenvalue weighted by Gasteiger charge is -2.23. The predicted molar refractivity (Wildman–Crippen MR) is 79.4 cm³/mol. The second kappa shape index (κ2) is 7.65. The van der Waals surface area contributed by atoms with Crippen LogP contribution in [0.2, 0.25) is 0 Å². The Morgan fingerprint density at radius 1 is 1.47 bits per heavy atom. The molecule has 1 unspecified atom stereocenters. The molecule has 0 saturated heterocycles. The number of aliphatic carboxylic acids is 1. The summed E-state index contributed by atoms with van der Waals surface area (Å²) in [5, 5.41) is 11.6. The average Bonchev–Trinajstić information content (AvgIpc) is 2.70. The van der Waals surface area contributed by atoms with Gasteiger partial charge in [-0.25, -0.2) is 0 Å². The minimum atomic E-state index is -0.885. The lowest BCUT2D eigenvalue weighted by atomic mass is 9.93. The number of carbonyl (C=O) groups excluding carboxylic acids is 1. The van der Waals surface area contributed by atoms with Crippen LogP contribution in [0.1, 0.15) is 31.6 Å². The van der Waals surface area contributed by atoms with Gasteiger partial charge in [0.05, 0.1) is 10.2 Å². The summed E-state index contributed by atoms with van der Waals surface area (Å²) in [5.74, 6) is -0.942. The van der Waals surface area contributed by atoms with Gasteiger partial charge in [-0.3, -0.25) is 9.59 Å². The summed E-state index contributed by atoms with van der Waals surface area (Å²) in [5.41, 5.74) is 0. The number of hydrogen-bond acceptors (Lipinski definition) is 3. The van der Waals surface area contributed by atoms with E-state index >= 15 is 0 Å². The molecule has 0 spiro atoms. The molecule has 0 aromatic carbocycles. The van der Waals surface area contributed by atoms with Crippen molar-refractivity contribution in [2.75, 3.05) is 0 Å². The highest BCUT2D eigenvalue weighted by molar-refractivity contribution is 9.11. The molecule has 1 aromatic heterocycles. The number of aryl methyl sites for hydroxylation is 1. The van der Waals surface area contributed by atoms with Crippen LogP contribution in [-0.2, 0) is 16.0 Å². The summed E-state index contributed by atoms with van der Waals surface area (Å²) in [6.07, 6.45) is 1.72. The zero-order valence-electron chi connectivity index (χ0n) is 11.0. The van der Waals surface area contributed by atoms with Crippen LogP contribution in [0.5, 0.6) is 0 Å². The van der Waals surface area contributed by atoms with E-state index in [0.29, 0.717) is 0 Å². The fraction of sp³-hybridized carbons (Fsp3) is 0.538. The number of rotatable bonds is 7. The summed E-state index contributed by atoms with van der Waals surface area (Å²) in [6, 6.07) is 3.76. The summed E-state index contributed by atoms with van der Waals surface area (Å²) < 4.78 is 1.10. The summed E-state index contributed by atoms with van der Waals surface area (Å²) in [6.45, 7) is 3.39. The molecule has 1 heterocycles. The van der Waals surface area contributed by atoms with Gasteiger partial charge < -0.3 is 10.4 Å². The molecule has 6 heteroatoms. The minimum absolute atomic E-state index is 0.0329. The predicted octanol–water partition coefficient (Wildman–Crippen LogP) is 3.06. The molecule has 0 aliphatic heterocycles. The highest BCUT2D eigenvalue weighted by Gasteiger charge is 2.21.